The number of hydrogen-bond acceptors (Lipinski definition) is 7. The molecule has 0 saturated carbocycles. The minimum absolute atomic E-state index is 0.107. The maximum atomic E-state index is 12.9. The summed E-state index contributed by atoms with van der Waals surface area (Å²) >= 11 is 0. The monoisotopic (exact) mass is 499 g/mol. The van der Waals surface area contributed by atoms with Gasteiger partial charge in [0.15, 0.2) is 12.0 Å². The van der Waals surface area contributed by atoms with Crippen LogP contribution in [0.15, 0.2) is 89.1 Å². The first kappa shape index (κ1) is 26.9. The van der Waals surface area contributed by atoms with Gasteiger partial charge in [-0.25, -0.2) is 0 Å². The Morgan fingerprint density at radius 3 is 2.49 bits per heavy atom. The molecule has 0 fully saturated rings. The molecule has 8 heteroatoms. The van der Waals surface area contributed by atoms with Crippen LogP contribution in [0, 0.1) is 0 Å². The van der Waals surface area contributed by atoms with Gasteiger partial charge in [-0.3, -0.25) is 9.59 Å². The van der Waals surface area contributed by atoms with Crippen molar-refractivity contribution < 1.29 is 24.2 Å². The van der Waals surface area contributed by atoms with Crippen LogP contribution in [-0.2, 0) is 4.79 Å². The highest BCUT2D eigenvalue weighted by Crippen LogP contribution is 2.42. The minimum Gasteiger partial charge on any atom is -0.505 e. The van der Waals surface area contributed by atoms with Gasteiger partial charge in [0.25, 0.3) is 5.91 Å². The predicted octanol–water partition coefficient (Wildman–Crippen LogP) is 7.20. The van der Waals surface area contributed by atoms with Crippen molar-refractivity contribution >= 4 is 40.0 Å². The van der Waals surface area contributed by atoms with Crippen molar-refractivity contribution in [2.45, 2.75) is 20.8 Å². The van der Waals surface area contributed by atoms with Crippen LogP contribution in [0.5, 0.6) is 17.2 Å². The lowest BCUT2D eigenvalue weighted by atomic mass is 10.0. The Bertz CT molecular complexity index is 1410. The first-order valence-corrected chi connectivity index (χ1v) is 11.8. The second-order valence-electron chi connectivity index (χ2n) is 7.70. The minimum atomic E-state index is -0.349. The summed E-state index contributed by atoms with van der Waals surface area (Å²) in [6.07, 6.45) is 7.14. The summed E-state index contributed by atoms with van der Waals surface area (Å²) in [6.45, 7) is 9.78. The number of anilines is 1. The van der Waals surface area contributed by atoms with Crippen LogP contribution in [-0.4, -0.2) is 30.5 Å². The zero-order chi connectivity index (χ0) is 26.8. The Labute approximate surface area is 215 Å². The number of amides is 1. The lowest BCUT2D eigenvalue weighted by molar-refractivity contribution is -0.112. The van der Waals surface area contributed by atoms with Gasteiger partial charge in [0.05, 0.1) is 24.5 Å². The molecule has 2 N–H and O–H groups in total. The molecule has 3 aromatic carbocycles. The van der Waals surface area contributed by atoms with Crippen molar-refractivity contribution in [1.82, 2.24) is 0 Å². The highest BCUT2D eigenvalue weighted by molar-refractivity contribution is 6.07. The Kier molecular flexibility index (Phi) is 9.32. The molecule has 3 rings (SSSR count). The molecule has 0 aromatic heterocycles. The lowest BCUT2D eigenvalue weighted by Crippen LogP contribution is -2.14. The molecular weight excluding hydrogens is 470 g/mol. The van der Waals surface area contributed by atoms with E-state index in [2.05, 4.69) is 22.1 Å². The van der Waals surface area contributed by atoms with Crippen molar-refractivity contribution in [2.24, 2.45) is 10.2 Å². The molecule has 0 aliphatic heterocycles. The first-order chi connectivity index (χ1) is 18.0. The largest absolute Gasteiger partial charge is 0.505 e. The van der Waals surface area contributed by atoms with Crippen LogP contribution >= 0.6 is 0 Å². The van der Waals surface area contributed by atoms with Gasteiger partial charge in [-0.1, -0.05) is 55.1 Å². The van der Waals surface area contributed by atoms with E-state index in [0.29, 0.717) is 53.3 Å². The fourth-order valence-corrected chi connectivity index (χ4v) is 3.61. The third-order valence-corrected chi connectivity index (χ3v) is 5.22. The van der Waals surface area contributed by atoms with E-state index >= 15 is 0 Å². The summed E-state index contributed by atoms with van der Waals surface area (Å²) in [5.74, 6) is 0.0933. The topological polar surface area (TPSA) is 110 Å². The number of hydrogen-bond donors (Lipinski definition) is 2. The number of rotatable bonds is 11. The van der Waals surface area contributed by atoms with Gasteiger partial charge in [0.1, 0.15) is 22.9 Å². The number of benzene rings is 3. The molecule has 0 atom stereocenters. The molecule has 0 heterocycles. The van der Waals surface area contributed by atoms with Gasteiger partial charge in [0.2, 0.25) is 0 Å². The van der Waals surface area contributed by atoms with E-state index in [1.165, 1.54) is 6.08 Å². The maximum absolute atomic E-state index is 12.9. The molecule has 0 bridgehead atoms. The van der Waals surface area contributed by atoms with Crippen LogP contribution in [0.1, 0.15) is 31.1 Å². The Morgan fingerprint density at radius 2 is 1.81 bits per heavy atom. The summed E-state index contributed by atoms with van der Waals surface area (Å²) in [5, 5.41) is 23.5. The number of nitrogens with one attached hydrogen (secondary N) is 1. The van der Waals surface area contributed by atoms with Crippen LogP contribution in [0.3, 0.4) is 0 Å². The average Bonchev–Trinajstić information content (AvgIpc) is 2.89. The van der Waals surface area contributed by atoms with Gasteiger partial charge >= 0.3 is 0 Å². The summed E-state index contributed by atoms with van der Waals surface area (Å²) < 4.78 is 11.5. The van der Waals surface area contributed by atoms with E-state index in [0.717, 1.165) is 5.39 Å². The fourth-order valence-electron chi connectivity index (χ4n) is 3.61. The predicted molar refractivity (Wildman–Crippen MR) is 146 cm³/mol. The third kappa shape index (κ3) is 6.29. The molecule has 8 nitrogen and oxygen atoms in total. The summed E-state index contributed by atoms with van der Waals surface area (Å²) in [7, 11) is 0. The van der Waals surface area contributed by atoms with E-state index in [1.54, 1.807) is 48.6 Å². The third-order valence-electron chi connectivity index (χ3n) is 5.22. The van der Waals surface area contributed by atoms with E-state index in [1.807, 2.05) is 32.9 Å². The number of fused-ring (bicyclic) bond motifs is 1. The SMILES string of the molecule is C=C/C=C(\C=C/C)C(=O)Nc1cc(OCC)c(/N=N/c2c(O)c(C=O)cc3ccccc23)cc1OCC. The molecule has 0 aliphatic carbocycles. The quantitative estimate of drug-likeness (QED) is 0.125. The maximum Gasteiger partial charge on any atom is 0.255 e. The van der Waals surface area contributed by atoms with Crippen molar-refractivity contribution in [3.63, 3.8) is 0 Å². The number of allylic oxidation sites excluding steroid dienone is 3. The number of phenols is 1. The van der Waals surface area contributed by atoms with Crippen LogP contribution < -0.4 is 14.8 Å². The normalized spacial score (nSPS) is 11.7. The number of aromatic hydroxyl groups is 1. The molecule has 0 unspecified atom stereocenters. The van der Waals surface area contributed by atoms with Gasteiger partial charge in [-0.15, -0.1) is 10.2 Å². The number of nitrogens with zero attached hydrogens (tertiary/aromatic N) is 2. The van der Waals surface area contributed by atoms with Crippen molar-refractivity contribution in [3.05, 3.63) is 84.5 Å². The summed E-state index contributed by atoms with van der Waals surface area (Å²) in [4.78, 5) is 24.4. The molecule has 1 amide bonds. The van der Waals surface area contributed by atoms with Gasteiger partial charge in [0, 0.05) is 23.1 Å². The molecule has 37 heavy (non-hydrogen) atoms. The number of aldehydes is 1. The number of carbonyl (C=O) groups excluding carboxylic acids is 2. The summed E-state index contributed by atoms with van der Waals surface area (Å²) in [6, 6.07) is 12.0. The summed E-state index contributed by atoms with van der Waals surface area (Å²) in [5.41, 5.74) is 1.39. The van der Waals surface area contributed by atoms with Gasteiger partial charge in [-0.2, -0.15) is 0 Å². The zero-order valence-corrected chi connectivity index (χ0v) is 21.0. The van der Waals surface area contributed by atoms with Crippen molar-refractivity contribution in [3.8, 4) is 17.2 Å². The number of phenolic OH excluding ortho intramolecular Hbond substituents is 1. The van der Waals surface area contributed by atoms with Crippen molar-refractivity contribution in [2.75, 3.05) is 18.5 Å². The standard InChI is InChI=1S/C29H29N3O5/c1-5-11-19(12-6-2)29(35)30-23-16-26(37-8-4)24(17-25(23)36-7-3)31-32-27-22-14-10-9-13-20(22)15-21(18-33)28(27)34/h5-6,9-18,34H,1,7-8H2,2-4H3,(H,30,35)/b12-6-,19-11+,32-31+. The molecular formula is C29H29N3O5. The fraction of sp³-hybridized carbons (Fsp3) is 0.172. The average molecular weight is 500 g/mol. The van der Waals surface area contributed by atoms with Crippen LogP contribution in [0.2, 0.25) is 0 Å². The van der Waals surface area contributed by atoms with Gasteiger partial charge in [-0.05, 0) is 32.2 Å². The van der Waals surface area contributed by atoms with Gasteiger partial charge < -0.3 is 19.9 Å². The number of ether oxygens (including phenoxy) is 2. The van der Waals surface area contributed by atoms with E-state index < -0.39 is 0 Å². The van der Waals surface area contributed by atoms with E-state index in [4.69, 9.17) is 9.47 Å². The Balaban J connectivity index is 2.11. The molecule has 0 radical (unpaired) electrons. The molecule has 0 spiro atoms. The second kappa shape index (κ2) is 12.8. The van der Waals surface area contributed by atoms with Crippen LogP contribution in [0.25, 0.3) is 10.8 Å². The smallest absolute Gasteiger partial charge is 0.255 e. The highest BCUT2D eigenvalue weighted by Gasteiger charge is 2.17. The Morgan fingerprint density at radius 1 is 1.08 bits per heavy atom. The molecule has 3 aromatic rings. The van der Waals surface area contributed by atoms with E-state index in [-0.39, 0.29) is 22.9 Å². The first-order valence-electron chi connectivity index (χ1n) is 11.8. The second-order valence-corrected chi connectivity index (χ2v) is 7.70. The van der Waals surface area contributed by atoms with E-state index in [9.17, 15) is 14.7 Å². The zero-order valence-electron chi connectivity index (χ0n) is 21.0. The molecule has 0 aliphatic rings. The molecule has 0 saturated heterocycles. The highest BCUT2D eigenvalue weighted by atomic mass is 16.5. The lowest BCUT2D eigenvalue weighted by Gasteiger charge is -2.15. The number of azo groups is 1. The molecule has 190 valence electrons. The Hall–Kier alpha value is -4.72. The van der Waals surface area contributed by atoms with Crippen molar-refractivity contribution in [1.29, 1.82) is 0 Å². The van der Waals surface area contributed by atoms with Crippen LogP contribution in [0.4, 0.5) is 17.1 Å². The number of carbonyl (C=O) groups is 2.